The number of likely N-dealkylation sites (tertiary alicyclic amines) is 1. The van der Waals surface area contributed by atoms with Crippen molar-refractivity contribution in [3.8, 4) is 5.75 Å². The summed E-state index contributed by atoms with van der Waals surface area (Å²) in [7, 11) is 0. The lowest BCUT2D eigenvalue weighted by atomic mass is 9.97. The van der Waals surface area contributed by atoms with Crippen LogP contribution in [0.25, 0.3) is 0 Å². The number of amides is 1. The van der Waals surface area contributed by atoms with Crippen LogP contribution in [0.3, 0.4) is 0 Å². The maximum absolute atomic E-state index is 12.3. The Balaban J connectivity index is 1.82. The fraction of sp³-hybridized carbons (Fsp3) is 0.556. The molecule has 0 saturated carbocycles. The van der Waals surface area contributed by atoms with Crippen LogP contribution in [-0.2, 0) is 9.53 Å². The van der Waals surface area contributed by atoms with Crippen molar-refractivity contribution in [3.63, 3.8) is 0 Å². The molecule has 1 aromatic carbocycles. The lowest BCUT2D eigenvalue weighted by molar-refractivity contribution is -0.140. The van der Waals surface area contributed by atoms with Gasteiger partial charge in [-0.15, -0.1) is 11.8 Å². The van der Waals surface area contributed by atoms with Gasteiger partial charge in [0.05, 0.1) is 5.92 Å². The summed E-state index contributed by atoms with van der Waals surface area (Å²) in [6.07, 6.45) is 2.88. The number of esters is 1. The summed E-state index contributed by atoms with van der Waals surface area (Å²) in [4.78, 5) is 27.1. The maximum Gasteiger partial charge on any atom is 0.410 e. The average molecular weight is 351 g/mol. The van der Waals surface area contributed by atoms with Gasteiger partial charge in [0, 0.05) is 18.0 Å². The van der Waals surface area contributed by atoms with E-state index in [0.717, 1.165) is 4.90 Å². The number of hydrogen-bond donors (Lipinski definition) is 0. The lowest BCUT2D eigenvalue weighted by Crippen LogP contribution is -2.43. The van der Waals surface area contributed by atoms with E-state index in [0.29, 0.717) is 31.7 Å². The van der Waals surface area contributed by atoms with Crippen LogP contribution in [0.2, 0.25) is 0 Å². The summed E-state index contributed by atoms with van der Waals surface area (Å²) < 4.78 is 10.8. The molecule has 132 valence electrons. The Morgan fingerprint density at radius 2 is 1.71 bits per heavy atom. The molecule has 24 heavy (non-hydrogen) atoms. The van der Waals surface area contributed by atoms with E-state index in [2.05, 4.69) is 0 Å². The molecule has 1 heterocycles. The van der Waals surface area contributed by atoms with Gasteiger partial charge in [0.15, 0.2) is 0 Å². The highest BCUT2D eigenvalue weighted by atomic mass is 32.2. The van der Waals surface area contributed by atoms with E-state index in [-0.39, 0.29) is 18.0 Å². The van der Waals surface area contributed by atoms with E-state index < -0.39 is 5.60 Å². The lowest BCUT2D eigenvalue weighted by Gasteiger charge is -2.32. The van der Waals surface area contributed by atoms with E-state index in [1.807, 2.05) is 39.2 Å². The van der Waals surface area contributed by atoms with E-state index >= 15 is 0 Å². The molecule has 1 aliphatic heterocycles. The monoisotopic (exact) mass is 351 g/mol. The molecule has 5 nitrogen and oxygen atoms in total. The molecule has 2 rings (SSSR count). The number of hydrogen-bond acceptors (Lipinski definition) is 5. The number of carbonyl (C=O) groups excluding carboxylic acids is 2. The van der Waals surface area contributed by atoms with Gasteiger partial charge in [0.2, 0.25) is 0 Å². The van der Waals surface area contributed by atoms with Gasteiger partial charge in [-0.05, 0) is 64.1 Å². The van der Waals surface area contributed by atoms with Crippen molar-refractivity contribution < 1.29 is 19.1 Å². The van der Waals surface area contributed by atoms with Crippen molar-refractivity contribution in [3.05, 3.63) is 24.3 Å². The second kappa shape index (κ2) is 7.92. The standard InChI is InChI=1S/C18H25NO4S/c1-18(2,3)23-17(21)19-11-9-13(10-12-19)16(20)22-14-5-7-15(24-4)8-6-14/h5-8,13H,9-12H2,1-4H3. The minimum atomic E-state index is -0.504. The summed E-state index contributed by atoms with van der Waals surface area (Å²) in [5, 5.41) is 0. The van der Waals surface area contributed by atoms with Gasteiger partial charge in [0.25, 0.3) is 0 Å². The van der Waals surface area contributed by atoms with Gasteiger partial charge in [0.1, 0.15) is 11.4 Å². The smallest absolute Gasteiger partial charge is 0.410 e. The minimum absolute atomic E-state index is 0.177. The first-order valence-electron chi connectivity index (χ1n) is 8.12. The first-order chi connectivity index (χ1) is 11.3. The molecule has 0 aliphatic carbocycles. The van der Waals surface area contributed by atoms with Crippen LogP contribution in [0.1, 0.15) is 33.6 Å². The maximum atomic E-state index is 12.3. The van der Waals surface area contributed by atoms with Gasteiger partial charge in [-0.25, -0.2) is 4.79 Å². The van der Waals surface area contributed by atoms with Crippen molar-refractivity contribution in [2.45, 2.75) is 44.1 Å². The molecular weight excluding hydrogens is 326 g/mol. The van der Waals surface area contributed by atoms with Crippen molar-refractivity contribution in [2.24, 2.45) is 5.92 Å². The van der Waals surface area contributed by atoms with Crippen molar-refractivity contribution in [1.29, 1.82) is 0 Å². The van der Waals surface area contributed by atoms with E-state index in [1.165, 1.54) is 0 Å². The van der Waals surface area contributed by atoms with Gasteiger partial charge in [-0.1, -0.05) is 0 Å². The molecule has 0 spiro atoms. The SMILES string of the molecule is CSc1ccc(OC(=O)C2CCN(C(=O)OC(C)(C)C)CC2)cc1. The van der Waals surface area contributed by atoms with Gasteiger partial charge in [-0.3, -0.25) is 4.79 Å². The molecular formula is C18H25NO4S. The topological polar surface area (TPSA) is 55.8 Å². The fourth-order valence-electron chi connectivity index (χ4n) is 2.47. The Kier molecular flexibility index (Phi) is 6.15. The Bertz CT molecular complexity index is 572. The number of carbonyl (C=O) groups is 2. The highest BCUT2D eigenvalue weighted by molar-refractivity contribution is 7.98. The Labute approximate surface area is 147 Å². The Morgan fingerprint density at radius 1 is 1.12 bits per heavy atom. The number of ether oxygens (including phenoxy) is 2. The third-order valence-corrected chi connectivity index (χ3v) is 4.50. The molecule has 1 aromatic rings. The molecule has 1 fully saturated rings. The molecule has 0 atom stereocenters. The molecule has 0 unspecified atom stereocenters. The summed E-state index contributed by atoms with van der Waals surface area (Å²) in [6.45, 7) is 6.56. The first-order valence-corrected chi connectivity index (χ1v) is 9.34. The van der Waals surface area contributed by atoms with Gasteiger partial charge < -0.3 is 14.4 Å². The zero-order valence-corrected chi connectivity index (χ0v) is 15.5. The zero-order chi connectivity index (χ0) is 17.7. The number of rotatable bonds is 3. The molecule has 0 aromatic heterocycles. The van der Waals surface area contributed by atoms with Crippen LogP contribution in [0.4, 0.5) is 4.79 Å². The molecule has 0 radical (unpaired) electrons. The van der Waals surface area contributed by atoms with Crippen LogP contribution < -0.4 is 4.74 Å². The number of thioether (sulfide) groups is 1. The van der Waals surface area contributed by atoms with Crippen LogP contribution >= 0.6 is 11.8 Å². The summed E-state index contributed by atoms with van der Waals surface area (Å²) >= 11 is 1.64. The number of piperidine rings is 1. The second-order valence-corrected chi connectivity index (χ2v) is 7.72. The molecule has 1 aliphatic rings. The molecule has 1 amide bonds. The van der Waals surface area contributed by atoms with Crippen molar-refractivity contribution >= 4 is 23.8 Å². The largest absolute Gasteiger partial charge is 0.444 e. The Morgan fingerprint density at radius 3 is 2.21 bits per heavy atom. The molecule has 1 saturated heterocycles. The fourth-order valence-corrected chi connectivity index (χ4v) is 2.88. The minimum Gasteiger partial charge on any atom is -0.444 e. The van der Waals surface area contributed by atoms with Crippen molar-refractivity contribution in [1.82, 2.24) is 4.90 Å². The third kappa shape index (κ3) is 5.44. The average Bonchev–Trinajstić information content (AvgIpc) is 2.54. The van der Waals surface area contributed by atoms with Crippen LogP contribution in [0, 0.1) is 5.92 Å². The predicted octanol–water partition coefficient (Wildman–Crippen LogP) is 3.96. The summed E-state index contributed by atoms with van der Waals surface area (Å²) in [5.41, 5.74) is -0.504. The van der Waals surface area contributed by atoms with Crippen LogP contribution in [0.15, 0.2) is 29.2 Å². The van der Waals surface area contributed by atoms with Gasteiger partial charge in [-0.2, -0.15) is 0 Å². The van der Waals surface area contributed by atoms with Crippen LogP contribution in [0.5, 0.6) is 5.75 Å². The molecule has 0 N–H and O–H groups in total. The highest BCUT2D eigenvalue weighted by Crippen LogP contribution is 2.23. The van der Waals surface area contributed by atoms with Crippen molar-refractivity contribution in [2.75, 3.05) is 19.3 Å². The summed E-state index contributed by atoms with van der Waals surface area (Å²) in [5.74, 6) is 0.159. The normalized spacial score (nSPS) is 15.9. The van der Waals surface area contributed by atoms with E-state index in [4.69, 9.17) is 9.47 Å². The Hall–Kier alpha value is -1.69. The number of nitrogens with zero attached hydrogens (tertiary/aromatic N) is 1. The van der Waals surface area contributed by atoms with Crippen LogP contribution in [-0.4, -0.2) is 41.9 Å². The van der Waals surface area contributed by atoms with E-state index in [1.54, 1.807) is 28.8 Å². The first kappa shape index (κ1) is 18.6. The second-order valence-electron chi connectivity index (χ2n) is 6.84. The number of benzene rings is 1. The highest BCUT2D eigenvalue weighted by Gasteiger charge is 2.30. The predicted molar refractivity (Wildman–Crippen MR) is 94.4 cm³/mol. The van der Waals surface area contributed by atoms with E-state index in [9.17, 15) is 9.59 Å². The molecule has 6 heteroatoms. The third-order valence-electron chi connectivity index (χ3n) is 3.76. The van der Waals surface area contributed by atoms with Gasteiger partial charge >= 0.3 is 12.1 Å². The molecule has 0 bridgehead atoms. The quantitative estimate of drug-likeness (QED) is 0.469. The zero-order valence-electron chi connectivity index (χ0n) is 14.7. The summed E-state index contributed by atoms with van der Waals surface area (Å²) in [6, 6.07) is 7.47.